The number of carbonyl (C=O) groups excluding carboxylic acids is 1. The molecule has 0 unspecified atom stereocenters. The fourth-order valence-electron chi connectivity index (χ4n) is 4.03. The summed E-state index contributed by atoms with van der Waals surface area (Å²) in [5.41, 5.74) is 0.181. The first kappa shape index (κ1) is 24.0. The highest BCUT2D eigenvalue weighted by Crippen LogP contribution is 2.30. The minimum absolute atomic E-state index is 0. The fraction of sp³-hybridized carbons (Fsp3) is 0.944. The lowest BCUT2D eigenvalue weighted by Gasteiger charge is -2.39. The first-order valence-corrected chi connectivity index (χ1v) is 9.27. The highest BCUT2D eigenvalue weighted by atomic mass is 35.5. The lowest BCUT2D eigenvalue weighted by Crippen LogP contribution is -2.52. The van der Waals surface area contributed by atoms with E-state index >= 15 is 0 Å². The molecule has 2 rings (SSSR count). The maximum Gasteiger partial charge on any atom is 0.220 e. The standard InChI is InChI=1S/C18H35N3O.2ClH/c1-21(2)18(11-5-3-4-6-12-18)15-20-17(22)8-7-16-9-13-19-14-10-16;;/h16,19H,3-15H2,1-2H3,(H,20,22);2*1H. The molecule has 0 bridgehead atoms. The van der Waals surface area contributed by atoms with E-state index in [1.807, 2.05) is 0 Å². The third-order valence-electron chi connectivity index (χ3n) is 5.84. The van der Waals surface area contributed by atoms with Gasteiger partial charge in [0.15, 0.2) is 0 Å². The molecule has 6 heteroatoms. The number of hydrogen-bond acceptors (Lipinski definition) is 3. The molecule has 144 valence electrons. The Morgan fingerprint density at radius 3 is 2.21 bits per heavy atom. The molecule has 1 aliphatic heterocycles. The van der Waals surface area contributed by atoms with Crippen molar-refractivity contribution in [2.45, 2.75) is 69.7 Å². The van der Waals surface area contributed by atoms with Gasteiger partial charge in [-0.1, -0.05) is 25.7 Å². The topological polar surface area (TPSA) is 44.4 Å². The Bertz CT molecular complexity index is 339. The second kappa shape index (κ2) is 12.3. The second-order valence-electron chi connectivity index (χ2n) is 7.54. The quantitative estimate of drug-likeness (QED) is 0.693. The van der Waals surface area contributed by atoms with Gasteiger partial charge in [0.2, 0.25) is 5.91 Å². The Balaban J connectivity index is 0.00000264. The van der Waals surface area contributed by atoms with E-state index in [1.165, 1.54) is 51.4 Å². The maximum atomic E-state index is 12.2. The van der Waals surface area contributed by atoms with Crippen molar-refractivity contribution in [3.8, 4) is 0 Å². The van der Waals surface area contributed by atoms with E-state index in [0.717, 1.165) is 32.0 Å². The van der Waals surface area contributed by atoms with E-state index in [1.54, 1.807) is 0 Å². The lowest BCUT2D eigenvalue weighted by atomic mass is 9.88. The molecule has 1 aliphatic carbocycles. The molecule has 1 heterocycles. The van der Waals surface area contributed by atoms with E-state index in [4.69, 9.17) is 0 Å². The van der Waals surface area contributed by atoms with Crippen LogP contribution in [0.5, 0.6) is 0 Å². The van der Waals surface area contributed by atoms with Crippen molar-refractivity contribution in [3.05, 3.63) is 0 Å². The van der Waals surface area contributed by atoms with E-state index in [0.29, 0.717) is 6.42 Å². The zero-order chi connectivity index (χ0) is 15.8. The summed E-state index contributed by atoms with van der Waals surface area (Å²) in [5, 5.41) is 6.63. The molecule has 0 aromatic rings. The molecule has 0 spiro atoms. The van der Waals surface area contributed by atoms with Crippen LogP contribution in [-0.4, -0.2) is 50.1 Å². The molecule has 1 saturated heterocycles. The fourth-order valence-corrected chi connectivity index (χ4v) is 4.03. The van der Waals surface area contributed by atoms with Gasteiger partial charge in [-0.05, 0) is 65.2 Å². The molecule has 1 saturated carbocycles. The minimum Gasteiger partial charge on any atom is -0.354 e. The molecule has 24 heavy (non-hydrogen) atoms. The number of halogens is 2. The number of piperidine rings is 1. The van der Waals surface area contributed by atoms with Gasteiger partial charge in [-0.25, -0.2) is 0 Å². The highest BCUT2D eigenvalue weighted by molar-refractivity contribution is 5.85. The predicted octanol–water partition coefficient (Wildman–Crippen LogP) is 3.38. The third-order valence-corrected chi connectivity index (χ3v) is 5.84. The van der Waals surface area contributed by atoms with Gasteiger partial charge >= 0.3 is 0 Å². The van der Waals surface area contributed by atoms with Crippen LogP contribution >= 0.6 is 24.8 Å². The second-order valence-corrected chi connectivity index (χ2v) is 7.54. The highest BCUT2D eigenvalue weighted by Gasteiger charge is 2.33. The van der Waals surface area contributed by atoms with Crippen molar-refractivity contribution in [3.63, 3.8) is 0 Å². The van der Waals surface area contributed by atoms with Gasteiger partial charge < -0.3 is 15.5 Å². The first-order valence-electron chi connectivity index (χ1n) is 9.27. The Morgan fingerprint density at radius 1 is 1.08 bits per heavy atom. The minimum atomic E-state index is 0. The van der Waals surface area contributed by atoms with Crippen LogP contribution < -0.4 is 10.6 Å². The molecule has 0 atom stereocenters. The molecule has 2 aliphatic rings. The molecule has 0 aromatic carbocycles. The van der Waals surface area contributed by atoms with Crippen LogP contribution in [0, 0.1) is 5.92 Å². The van der Waals surface area contributed by atoms with Gasteiger partial charge in [0.1, 0.15) is 0 Å². The Kier molecular flexibility index (Phi) is 12.3. The van der Waals surface area contributed by atoms with Crippen molar-refractivity contribution >= 4 is 30.7 Å². The Hall–Kier alpha value is -0.0300. The summed E-state index contributed by atoms with van der Waals surface area (Å²) in [6.45, 7) is 3.07. The summed E-state index contributed by atoms with van der Waals surface area (Å²) < 4.78 is 0. The summed E-state index contributed by atoms with van der Waals surface area (Å²) >= 11 is 0. The third kappa shape index (κ3) is 7.47. The van der Waals surface area contributed by atoms with E-state index in [2.05, 4.69) is 29.6 Å². The number of nitrogens with one attached hydrogen (secondary N) is 2. The molecular weight excluding hydrogens is 345 g/mol. The van der Waals surface area contributed by atoms with Crippen molar-refractivity contribution in [2.24, 2.45) is 5.92 Å². The summed E-state index contributed by atoms with van der Waals surface area (Å²) in [6.07, 6.45) is 11.9. The number of nitrogens with zero attached hydrogens (tertiary/aromatic N) is 1. The lowest BCUT2D eigenvalue weighted by molar-refractivity contribution is -0.122. The van der Waals surface area contributed by atoms with E-state index < -0.39 is 0 Å². The molecule has 0 radical (unpaired) electrons. The Morgan fingerprint density at radius 2 is 1.67 bits per heavy atom. The SMILES string of the molecule is CN(C)C1(CNC(=O)CCC2CCNCC2)CCCCCC1.Cl.Cl. The van der Waals surface area contributed by atoms with E-state index in [9.17, 15) is 4.79 Å². The van der Waals surface area contributed by atoms with Crippen LogP contribution in [0.3, 0.4) is 0 Å². The smallest absolute Gasteiger partial charge is 0.220 e. The first-order chi connectivity index (χ1) is 10.6. The zero-order valence-electron chi connectivity index (χ0n) is 15.4. The van der Waals surface area contributed by atoms with Crippen molar-refractivity contribution < 1.29 is 4.79 Å². The van der Waals surface area contributed by atoms with Crippen LogP contribution in [0.1, 0.15) is 64.2 Å². The van der Waals surface area contributed by atoms with Crippen LogP contribution in [0.2, 0.25) is 0 Å². The van der Waals surface area contributed by atoms with Gasteiger partial charge in [0.25, 0.3) is 0 Å². The van der Waals surface area contributed by atoms with Crippen LogP contribution in [0.25, 0.3) is 0 Å². The molecule has 2 fully saturated rings. The van der Waals surface area contributed by atoms with Crippen LogP contribution in [0.4, 0.5) is 0 Å². The van der Waals surface area contributed by atoms with Gasteiger partial charge in [-0.15, -0.1) is 24.8 Å². The maximum absolute atomic E-state index is 12.2. The number of carbonyl (C=O) groups is 1. The average molecular weight is 382 g/mol. The average Bonchev–Trinajstić information content (AvgIpc) is 2.78. The van der Waals surface area contributed by atoms with Crippen molar-refractivity contribution in [1.29, 1.82) is 0 Å². The molecular formula is C18H37Cl2N3O. The predicted molar refractivity (Wildman–Crippen MR) is 106 cm³/mol. The number of rotatable bonds is 6. The van der Waals surface area contributed by atoms with Gasteiger partial charge in [0.05, 0.1) is 0 Å². The molecule has 1 amide bonds. The van der Waals surface area contributed by atoms with Crippen molar-refractivity contribution in [1.82, 2.24) is 15.5 Å². The normalized spacial score (nSPS) is 21.3. The van der Waals surface area contributed by atoms with Crippen LogP contribution in [0.15, 0.2) is 0 Å². The monoisotopic (exact) mass is 381 g/mol. The molecule has 2 N–H and O–H groups in total. The zero-order valence-corrected chi connectivity index (χ0v) is 17.1. The summed E-state index contributed by atoms with van der Waals surface area (Å²) in [6, 6.07) is 0. The number of amides is 1. The molecule has 4 nitrogen and oxygen atoms in total. The number of hydrogen-bond donors (Lipinski definition) is 2. The van der Waals surface area contributed by atoms with Crippen molar-refractivity contribution in [2.75, 3.05) is 33.7 Å². The van der Waals surface area contributed by atoms with Gasteiger partial charge in [-0.3, -0.25) is 4.79 Å². The molecule has 0 aromatic heterocycles. The summed E-state index contributed by atoms with van der Waals surface area (Å²) in [5.74, 6) is 0.997. The Labute approximate surface area is 160 Å². The van der Waals surface area contributed by atoms with Gasteiger partial charge in [-0.2, -0.15) is 0 Å². The van der Waals surface area contributed by atoms with Crippen LogP contribution in [-0.2, 0) is 4.79 Å². The summed E-state index contributed by atoms with van der Waals surface area (Å²) in [4.78, 5) is 14.6. The summed E-state index contributed by atoms with van der Waals surface area (Å²) in [7, 11) is 4.35. The van der Waals surface area contributed by atoms with E-state index in [-0.39, 0.29) is 36.3 Å². The largest absolute Gasteiger partial charge is 0.354 e. The van der Waals surface area contributed by atoms with Gasteiger partial charge in [0, 0.05) is 18.5 Å². The number of likely N-dealkylation sites (N-methyl/N-ethyl adjacent to an activating group) is 1.